The van der Waals surface area contributed by atoms with Crippen molar-refractivity contribution in [3.05, 3.63) is 18.6 Å². The molecule has 1 amide bonds. The van der Waals surface area contributed by atoms with Gasteiger partial charge in [0.15, 0.2) is 0 Å². The van der Waals surface area contributed by atoms with Crippen molar-refractivity contribution in [2.24, 2.45) is 11.7 Å². The largest absolute Gasteiger partial charge is 0.358 e. The second kappa shape index (κ2) is 7.60. The zero-order valence-corrected chi connectivity index (χ0v) is 10.9. The highest BCUT2D eigenvalue weighted by molar-refractivity contribution is 5.84. The molecule has 6 heteroatoms. The van der Waals surface area contributed by atoms with E-state index in [1.807, 2.05) is 0 Å². The average molecular weight is 251 g/mol. The van der Waals surface area contributed by atoms with E-state index in [2.05, 4.69) is 34.4 Å². The summed E-state index contributed by atoms with van der Waals surface area (Å²) in [6.07, 6.45) is 3.83. The van der Waals surface area contributed by atoms with E-state index < -0.39 is 0 Å². The Kier molecular flexibility index (Phi) is 6.07. The molecule has 0 radical (unpaired) electrons. The van der Waals surface area contributed by atoms with Crippen LogP contribution in [-0.4, -0.2) is 35.0 Å². The summed E-state index contributed by atoms with van der Waals surface area (Å²) in [7, 11) is 0. The van der Waals surface area contributed by atoms with Crippen molar-refractivity contribution >= 4 is 11.7 Å². The molecule has 0 bridgehead atoms. The number of carbonyl (C=O) groups excluding carboxylic acids is 1. The summed E-state index contributed by atoms with van der Waals surface area (Å²) in [5, 5.41) is 5.90. The monoisotopic (exact) mass is 251 g/mol. The van der Waals surface area contributed by atoms with Gasteiger partial charge in [-0.1, -0.05) is 13.8 Å². The SMILES string of the molecule is CC(C)C[C@H](Nc1ccncn1)C(=O)NCCN. The minimum Gasteiger partial charge on any atom is -0.358 e. The maximum Gasteiger partial charge on any atom is 0.242 e. The van der Waals surface area contributed by atoms with Crippen LogP contribution in [0.2, 0.25) is 0 Å². The van der Waals surface area contributed by atoms with Crippen LogP contribution in [0.3, 0.4) is 0 Å². The van der Waals surface area contributed by atoms with E-state index in [0.717, 1.165) is 6.42 Å². The number of hydrogen-bond acceptors (Lipinski definition) is 5. The predicted octanol–water partition coefficient (Wildman–Crippen LogP) is 0.378. The predicted molar refractivity (Wildman–Crippen MR) is 71.0 cm³/mol. The fourth-order valence-electron chi connectivity index (χ4n) is 1.58. The number of nitrogens with one attached hydrogen (secondary N) is 2. The van der Waals surface area contributed by atoms with Gasteiger partial charge in [-0.25, -0.2) is 9.97 Å². The summed E-state index contributed by atoms with van der Waals surface area (Å²) in [5.41, 5.74) is 5.38. The Hall–Kier alpha value is -1.69. The summed E-state index contributed by atoms with van der Waals surface area (Å²) in [6, 6.07) is 1.44. The molecule has 6 nitrogen and oxygen atoms in total. The molecule has 0 saturated heterocycles. The first-order chi connectivity index (χ1) is 8.63. The Morgan fingerprint density at radius 3 is 2.83 bits per heavy atom. The van der Waals surface area contributed by atoms with Crippen LogP contribution in [0.4, 0.5) is 5.82 Å². The zero-order valence-electron chi connectivity index (χ0n) is 10.9. The van der Waals surface area contributed by atoms with E-state index in [9.17, 15) is 4.79 Å². The molecule has 0 aliphatic carbocycles. The highest BCUT2D eigenvalue weighted by Crippen LogP contribution is 2.10. The Labute approximate surface area is 107 Å². The van der Waals surface area contributed by atoms with Crippen molar-refractivity contribution in [2.45, 2.75) is 26.3 Å². The minimum absolute atomic E-state index is 0.0484. The Bertz CT molecular complexity index is 355. The van der Waals surface area contributed by atoms with Gasteiger partial charge in [-0.3, -0.25) is 4.79 Å². The lowest BCUT2D eigenvalue weighted by molar-refractivity contribution is -0.122. The van der Waals surface area contributed by atoms with Crippen LogP contribution < -0.4 is 16.4 Å². The summed E-state index contributed by atoms with van der Waals surface area (Å²) in [5.74, 6) is 1.01. The lowest BCUT2D eigenvalue weighted by Crippen LogP contribution is -2.42. The molecule has 0 spiro atoms. The standard InChI is InChI=1S/C12H21N5O/c1-9(2)7-10(12(18)15-6-4-13)17-11-3-5-14-8-16-11/h3,5,8-10H,4,6-7,13H2,1-2H3,(H,15,18)(H,14,16,17)/t10-/m0/s1. The highest BCUT2D eigenvalue weighted by atomic mass is 16.2. The Morgan fingerprint density at radius 1 is 1.50 bits per heavy atom. The quantitative estimate of drug-likeness (QED) is 0.651. The molecule has 1 atom stereocenters. The van der Waals surface area contributed by atoms with Crippen LogP contribution in [0.15, 0.2) is 18.6 Å². The fourth-order valence-corrected chi connectivity index (χ4v) is 1.58. The molecule has 0 fully saturated rings. The molecule has 0 aromatic carbocycles. The van der Waals surface area contributed by atoms with Gasteiger partial charge >= 0.3 is 0 Å². The topological polar surface area (TPSA) is 92.9 Å². The molecule has 18 heavy (non-hydrogen) atoms. The summed E-state index contributed by atoms with van der Waals surface area (Å²) >= 11 is 0. The van der Waals surface area contributed by atoms with E-state index in [-0.39, 0.29) is 11.9 Å². The van der Waals surface area contributed by atoms with E-state index in [0.29, 0.717) is 24.8 Å². The molecule has 0 aliphatic heterocycles. The molecule has 0 aliphatic rings. The first-order valence-corrected chi connectivity index (χ1v) is 6.13. The first kappa shape index (κ1) is 14.4. The molecular weight excluding hydrogens is 230 g/mol. The van der Waals surface area contributed by atoms with Crippen molar-refractivity contribution < 1.29 is 4.79 Å². The van der Waals surface area contributed by atoms with E-state index >= 15 is 0 Å². The number of aromatic nitrogens is 2. The Balaban J connectivity index is 2.63. The first-order valence-electron chi connectivity index (χ1n) is 6.13. The second-order valence-corrected chi connectivity index (χ2v) is 4.50. The Morgan fingerprint density at radius 2 is 2.28 bits per heavy atom. The van der Waals surface area contributed by atoms with E-state index in [1.54, 1.807) is 12.3 Å². The lowest BCUT2D eigenvalue weighted by atomic mass is 10.0. The van der Waals surface area contributed by atoms with Crippen LogP contribution in [0, 0.1) is 5.92 Å². The minimum atomic E-state index is -0.300. The number of anilines is 1. The van der Waals surface area contributed by atoms with Gasteiger partial charge in [0.05, 0.1) is 0 Å². The number of hydrogen-bond donors (Lipinski definition) is 3. The average Bonchev–Trinajstić information content (AvgIpc) is 2.36. The van der Waals surface area contributed by atoms with Gasteiger partial charge in [0.25, 0.3) is 0 Å². The molecule has 1 rings (SSSR count). The van der Waals surface area contributed by atoms with Gasteiger partial charge in [-0.2, -0.15) is 0 Å². The van der Waals surface area contributed by atoms with Gasteiger partial charge in [0, 0.05) is 19.3 Å². The highest BCUT2D eigenvalue weighted by Gasteiger charge is 2.19. The number of amides is 1. The van der Waals surface area contributed by atoms with Gasteiger partial charge in [0.1, 0.15) is 18.2 Å². The molecule has 100 valence electrons. The van der Waals surface area contributed by atoms with Crippen molar-refractivity contribution in [3.8, 4) is 0 Å². The number of nitrogens with two attached hydrogens (primary N) is 1. The van der Waals surface area contributed by atoms with Gasteiger partial charge in [0.2, 0.25) is 5.91 Å². The smallest absolute Gasteiger partial charge is 0.242 e. The molecule has 1 heterocycles. The van der Waals surface area contributed by atoms with Gasteiger partial charge < -0.3 is 16.4 Å². The number of nitrogens with zero attached hydrogens (tertiary/aromatic N) is 2. The van der Waals surface area contributed by atoms with Crippen LogP contribution >= 0.6 is 0 Å². The van der Waals surface area contributed by atoms with Crippen molar-refractivity contribution in [1.82, 2.24) is 15.3 Å². The second-order valence-electron chi connectivity index (χ2n) is 4.50. The zero-order chi connectivity index (χ0) is 13.4. The third-order valence-corrected chi connectivity index (χ3v) is 2.37. The van der Waals surface area contributed by atoms with Crippen LogP contribution in [0.5, 0.6) is 0 Å². The molecule has 0 unspecified atom stereocenters. The summed E-state index contributed by atoms with van der Waals surface area (Å²) < 4.78 is 0. The van der Waals surface area contributed by atoms with Gasteiger partial charge in [-0.05, 0) is 18.4 Å². The summed E-state index contributed by atoms with van der Waals surface area (Å²) in [6.45, 7) is 5.07. The van der Waals surface area contributed by atoms with Crippen LogP contribution in [-0.2, 0) is 4.79 Å². The molecule has 4 N–H and O–H groups in total. The van der Waals surface area contributed by atoms with E-state index in [1.165, 1.54) is 6.33 Å². The maximum absolute atomic E-state index is 12.0. The molecule has 1 aromatic heterocycles. The third kappa shape index (κ3) is 5.09. The van der Waals surface area contributed by atoms with E-state index in [4.69, 9.17) is 5.73 Å². The van der Waals surface area contributed by atoms with Gasteiger partial charge in [-0.15, -0.1) is 0 Å². The number of carbonyl (C=O) groups is 1. The summed E-state index contributed by atoms with van der Waals surface area (Å²) in [4.78, 5) is 19.9. The van der Waals surface area contributed by atoms with Crippen LogP contribution in [0.25, 0.3) is 0 Å². The van der Waals surface area contributed by atoms with Crippen molar-refractivity contribution in [1.29, 1.82) is 0 Å². The van der Waals surface area contributed by atoms with Crippen LogP contribution in [0.1, 0.15) is 20.3 Å². The third-order valence-electron chi connectivity index (χ3n) is 2.37. The molecule has 1 aromatic rings. The van der Waals surface area contributed by atoms with Crippen molar-refractivity contribution in [2.75, 3.05) is 18.4 Å². The maximum atomic E-state index is 12.0. The molecule has 0 saturated carbocycles. The number of rotatable bonds is 7. The normalized spacial score (nSPS) is 12.2. The van der Waals surface area contributed by atoms with Crippen molar-refractivity contribution in [3.63, 3.8) is 0 Å². The fraction of sp³-hybridized carbons (Fsp3) is 0.583. The molecular formula is C12H21N5O. The lowest BCUT2D eigenvalue weighted by Gasteiger charge is -2.20.